The Bertz CT molecular complexity index is 2250. The second-order valence-corrected chi connectivity index (χ2v) is 17.4. The van der Waals surface area contributed by atoms with Gasteiger partial charge in [0.25, 0.3) is 11.8 Å². The van der Waals surface area contributed by atoms with Crippen LogP contribution in [0, 0.1) is 17.7 Å². The molecule has 298 valence electrons. The number of nitrogens with zero attached hydrogens (tertiary/aromatic N) is 4. The second kappa shape index (κ2) is 14.8. The topological polar surface area (TPSA) is 114 Å². The minimum absolute atomic E-state index is 0.109. The molecule has 0 spiro atoms. The molecule has 10 nitrogen and oxygen atoms in total. The Labute approximate surface area is 337 Å². The molecule has 4 aromatic carbocycles. The molecule has 3 atom stereocenters. The number of nitrogens with one attached hydrogen (secondary N) is 1. The van der Waals surface area contributed by atoms with Gasteiger partial charge in [0.05, 0.1) is 11.1 Å². The minimum atomic E-state index is -0.947. The van der Waals surface area contributed by atoms with Crippen LogP contribution in [0.4, 0.5) is 10.1 Å². The largest absolute Gasteiger partial charge is 0.508 e. The van der Waals surface area contributed by atoms with Crippen molar-refractivity contribution < 1.29 is 28.7 Å². The number of carbonyl (C=O) groups is 4. The number of hydrogen-bond acceptors (Lipinski definition) is 8. The van der Waals surface area contributed by atoms with Crippen LogP contribution in [0.15, 0.2) is 78.9 Å². The van der Waals surface area contributed by atoms with E-state index in [0.29, 0.717) is 28.7 Å². The van der Waals surface area contributed by atoms with Crippen LogP contribution in [-0.2, 0) is 29.1 Å². The molecule has 5 heterocycles. The van der Waals surface area contributed by atoms with Gasteiger partial charge in [0.15, 0.2) is 0 Å². The van der Waals surface area contributed by atoms with Crippen molar-refractivity contribution in [1.29, 1.82) is 0 Å². The maximum absolute atomic E-state index is 13.8. The number of fused-ring (bicyclic) bond motifs is 3. The first-order valence-corrected chi connectivity index (χ1v) is 20.9. The van der Waals surface area contributed by atoms with Gasteiger partial charge in [-0.25, -0.2) is 4.39 Å². The van der Waals surface area contributed by atoms with Crippen LogP contribution in [0.25, 0.3) is 0 Å². The standard InChI is InChI=1S/C47H48FN5O5/c48-35-6-1-30(2-7-35)38-11-5-32-19-37(54)10-12-39(32)44(38)31-3-8-36(9-4-31)52-24-29(25-52)23-50-17-15-28(16-18-50)22-51-26-33-20-40-41(21-34(33)27-51)47(58)53(46(40)57)42-13-14-43(55)49-45(42)56/h1-4,6-10,12,19-21,28-29,38,42,44,54H,5,11,13-18,22-27H2,(H,49,55,56)/t38-,42?,44+/m1/s1. The molecule has 1 unspecified atom stereocenters. The molecule has 3 fully saturated rings. The highest BCUT2D eigenvalue weighted by Crippen LogP contribution is 2.47. The third kappa shape index (κ3) is 6.77. The lowest BCUT2D eigenvalue weighted by molar-refractivity contribution is -0.136. The fourth-order valence-corrected chi connectivity index (χ4v) is 10.7. The van der Waals surface area contributed by atoms with Crippen molar-refractivity contribution in [1.82, 2.24) is 20.0 Å². The van der Waals surface area contributed by atoms with E-state index in [4.69, 9.17) is 0 Å². The second-order valence-electron chi connectivity index (χ2n) is 17.4. The molecular formula is C47H48FN5O5. The average Bonchev–Trinajstić information content (AvgIpc) is 3.71. The van der Waals surface area contributed by atoms with Crippen LogP contribution >= 0.6 is 0 Å². The summed E-state index contributed by atoms with van der Waals surface area (Å²) in [5.41, 5.74) is 8.93. The zero-order valence-corrected chi connectivity index (χ0v) is 32.5. The molecule has 3 saturated heterocycles. The third-order valence-electron chi connectivity index (χ3n) is 13.7. The third-order valence-corrected chi connectivity index (χ3v) is 13.7. The van der Waals surface area contributed by atoms with Crippen molar-refractivity contribution in [2.24, 2.45) is 11.8 Å². The number of carbonyl (C=O) groups excluding carboxylic acids is 4. The summed E-state index contributed by atoms with van der Waals surface area (Å²) in [6.07, 6.45) is 4.40. The molecule has 0 radical (unpaired) electrons. The molecule has 0 saturated carbocycles. The van der Waals surface area contributed by atoms with Crippen molar-refractivity contribution in [2.45, 2.75) is 69.5 Å². The molecule has 4 aromatic rings. The van der Waals surface area contributed by atoms with Gasteiger partial charge < -0.3 is 14.9 Å². The normalized spacial score (nSPS) is 24.1. The zero-order chi connectivity index (χ0) is 39.7. The molecule has 5 aliphatic heterocycles. The Morgan fingerprint density at radius 1 is 0.672 bits per heavy atom. The van der Waals surface area contributed by atoms with E-state index < -0.39 is 23.8 Å². The summed E-state index contributed by atoms with van der Waals surface area (Å²) >= 11 is 0. The molecule has 11 heteroatoms. The number of likely N-dealkylation sites (tertiary alicyclic amines) is 1. The van der Waals surface area contributed by atoms with Gasteiger partial charge >= 0.3 is 0 Å². The Balaban J connectivity index is 0.704. The number of aromatic hydroxyl groups is 1. The van der Waals surface area contributed by atoms with Crippen molar-refractivity contribution in [2.75, 3.05) is 44.2 Å². The Morgan fingerprint density at radius 3 is 2.00 bits per heavy atom. The van der Waals surface area contributed by atoms with Gasteiger partial charge in [-0.15, -0.1) is 0 Å². The summed E-state index contributed by atoms with van der Waals surface area (Å²) in [6.45, 7) is 7.89. The van der Waals surface area contributed by atoms with Crippen LogP contribution in [0.2, 0.25) is 0 Å². The van der Waals surface area contributed by atoms with E-state index in [9.17, 15) is 28.7 Å². The molecule has 58 heavy (non-hydrogen) atoms. The first kappa shape index (κ1) is 36.9. The van der Waals surface area contributed by atoms with Crippen molar-refractivity contribution in [3.8, 4) is 5.75 Å². The maximum atomic E-state index is 13.8. The highest BCUT2D eigenvalue weighted by molar-refractivity contribution is 6.23. The SMILES string of the molecule is O=C1CCC(N2C(=O)c3cc4c(cc3C2=O)CN(CC2CCN(CC3CN(c5ccc([C@@H]6c7ccc(O)cc7CC[C@@H]6c6ccc(F)cc6)cc5)C3)CC2)C4)C(=O)N1. The number of imide groups is 2. The van der Waals surface area contributed by atoms with E-state index in [0.717, 1.165) is 99.6 Å². The van der Waals surface area contributed by atoms with Crippen molar-refractivity contribution in [3.05, 3.63) is 129 Å². The van der Waals surface area contributed by atoms with Gasteiger partial charge in [-0.05, 0) is 139 Å². The molecule has 1 aliphatic carbocycles. The van der Waals surface area contributed by atoms with Crippen LogP contribution in [0.5, 0.6) is 5.75 Å². The molecular weight excluding hydrogens is 734 g/mol. The van der Waals surface area contributed by atoms with Crippen molar-refractivity contribution in [3.63, 3.8) is 0 Å². The van der Waals surface area contributed by atoms with Crippen LogP contribution in [-0.4, -0.2) is 88.7 Å². The summed E-state index contributed by atoms with van der Waals surface area (Å²) in [4.78, 5) is 59.3. The van der Waals surface area contributed by atoms with E-state index in [1.165, 1.54) is 22.4 Å². The lowest BCUT2D eigenvalue weighted by Crippen LogP contribution is -2.54. The van der Waals surface area contributed by atoms with Crippen LogP contribution < -0.4 is 10.2 Å². The molecule has 4 amide bonds. The van der Waals surface area contributed by atoms with Gasteiger partial charge in [-0.1, -0.05) is 30.3 Å². The Kier molecular flexibility index (Phi) is 9.40. The minimum Gasteiger partial charge on any atom is -0.508 e. The highest BCUT2D eigenvalue weighted by Gasteiger charge is 2.45. The first-order chi connectivity index (χ1) is 28.1. The molecule has 0 aromatic heterocycles. The number of rotatable bonds is 8. The summed E-state index contributed by atoms with van der Waals surface area (Å²) in [7, 11) is 0. The van der Waals surface area contributed by atoms with Gasteiger partial charge in [0.1, 0.15) is 17.6 Å². The van der Waals surface area contributed by atoms with E-state index in [2.05, 4.69) is 50.3 Å². The summed E-state index contributed by atoms with van der Waals surface area (Å²) in [6, 6.07) is 24.5. The van der Waals surface area contributed by atoms with E-state index in [-0.39, 0.29) is 36.4 Å². The average molecular weight is 782 g/mol. The summed E-state index contributed by atoms with van der Waals surface area (Å²) < 4.78 is 13.8. The number of piperidine rings is 2. The first-order valence-electron chi connectivity index (χ1n) is 20.9. The number of aryl methyl sites for hydroxylation is 1. The van der Waals surface area contributed by atoms with Crippen LogP contribution in [0.3, 0.4) is 0 Å². The maximum Gasteiger partial charge on any atom is 0.262 e. The number of halogens is 1. The number of benzene rings is 4. The number of anilines is 1. The monoisotopic (exact) mass is 781 g/mol. The van der Waals surface area contributed by atoms with Crippen molar-refractivity contribution >= 4 is 29.3 Å². The smallest absolute Gasteiger partial charge is 0.262 e. The molecule has 10 rings (SSSR count). The number of amides is 4. The summed E-state index contributed by atoms with van der Waals surface area (Å²) in [5.74, 6) is -0.171. The Morgan fingerprint density at radius 2 is 1.33 bits per heavy atom. The van der Waals surface area contributed by atoms with E-state index >= 15 is 0 Å². The fourth-order valence-electron chi connectivity index (χ4n) is 10.7. The quantitative estimate of drug-likeness (QED) is 0.211. The van der Waals surface area contributed by atoms with Gasteiger partial charge in [0, 0.05) is 63.2 Å². The number of phenolic OH excluding ortho intramolecular Hbond substituents is 1. The number of phenols is 1. The highest BCUT2D eigenvalue weighted by atomic mass is 19.1. The predicted molar refractivity (Wildman–Crippen MR) is 216 cm³/mol. The molecule has 2 N–H and O–H groups in total. The summed E-state index contributed by atoms with van der Waals surface area (Å²) in [5, 5.41) is 12.5. The Hall–Kier alpha value is -5.39. The van der Waals surface area contributed by atoms with Gasteiger partial charge in [0.2, 0.25) is 11.8 Å². The molecule has 6 aliphatic rings. The van der Waals surface area contributed by atoms with E-state index in [1.54, 1.807) is 18.2 Å². The predicted octanol–water partition coefficient (Wildman–Crippen LogP) is 5.96. The lowest BCUT2D eigenvalue weighted by Gasteiger charge is -2.44. The zero-order valence-electron chi connectivity index (χ0n) is 32.5. The fraction of sp³-hybridized carbons (Fsp3) is 0.404. The molecule has 0 bridgehead atoms. The van der Waals surface area contributed by atoms with Gasteiger partial charge in [-0.2, -0.15) is 0 Å². The number of hydrogen-bond donors (Lipinski definition) is 2. The van der Waals surface area contributed by atoms with Gasteiger partial charge in [-0.3, -0.25) is 34.3 Å². The van der Waals surface area contributed by atoms with E-state index in [1.807, 2.05) is 30.3 Å². The van der Waals surface area contributed by atoms with Crippen LogP contribution in [0.1, 0.15) is 98.0 Å². The lowest BCUT2D eigenvalue weighted by atomic mass is 9.69.